The number of benzene rings is 2. The normalized spacial score (nSPS) is 12.1. The van der Waals surface area contributed by atoms with E-state index in [2.05, 4.69) is 21.2 Å². The fourth-order valence-electron chi connectivity index (χ4n) is 2.72. The maximum atomic E-state index is 12.6. The third-order valence-electron chi connectivity index (χ3n) is 3.92. The number of carbonyl (C=O) groups excluding carboxylic acids is 1. The molecule has 5 heteroatoms. The smallest absolute Gasteiger partial charge is 0.265 e. The van der Waals surface area contributed by atoms with E-state index in [0.717, 1.165) is 37.5 Å². The van der Waals surface area contributed by atoms with Gasteiger partial charge in [0.1, 0.15) is 12.4 Å². The number of thiophene rings is 1. The third-order valence-corrected chi connectivity index (χ3v) is 5.79. The number of nitrogens with one attached hydrogen (secondary N) is 1. The summed E-state index contributed by atoms with van der Waals surface area (Å²) < 4.78 is 6.64. The molecule has 1 N–H and O–H groups in total. The molecule has 0 unspecified atom stereocenters. The minimum atomic E-state index is -0.101. The molecular weight excluding hydrogens is 386 g/mol. The number of hydrogen-bond acceptors (Lipinski definition) is 3. The van der Waals surface area contributed by atoms with Crippen molar-refractivity contribution in [3.8, 4) is 16.2 Å². The third kappa shape index (κ3) is 2.74. The molecule has 0 radical (unpaired) electrons. The van der Waals surface area contributed by atoms with Gasteiger partial charge in [0.25, 0.3) is 5.91 Å². The van der Waals surface area contributed by atoms with Crippen LogP contribution in [0, 0.1) is 6.92 Å². The molecule has 0 saturated heterocycles. The van der Waals surface area contributed by atoms with E-state index in [0.29, 0.717) is 11.5 Å². The zero-order valence-corrected chi connectivity index (χ0v) is 15.3. The minimum Gasteiger partial charge on any atom is -0.488 e. The number of fused-ring (bicyclic) bond motifs is 3. The Bertz CT molecular complexity index is 948. The SMILES string of the molecule is Cc1ccc(NC(=O)c2cc3c(s2)-c2ccccc2OC3)c(Br)c1. The second kappa shape index (κ2) is 6.07. The van der Waals surface area contributed by atoms with Crippen molar-refractivity contribution in [2.75, 3.05) is 5.32 Å². The van der Waals surface area contributed by atoms with Crippen LogP contribution in [0.15, 0.2) is 53.0 Å². The summed E-state index contributed by atoms with van der Waals surface area (Å²) >= 11 is 5.00. The van der Waals surface area contributed by atoms with Gasteiger partial charge < -0.3 is 10.1 Å². The number of aryl methyl sites for hydroxylation is 1. The average Bonchev–Trinajstić information content (AvgIpc) is 3.02. The van der Waals surface area contributed by atoms with Gasteiger partial charge in [-0.2, -0.15) is 0 Å². The lowest BCUT2D eigenvalue weighted by atomic mass is 10.1. The van der Waals surface area contributed by atoms with Gasteiger partial charge in [0, 0.05) is 20.5 Å². The molecule has 1 aromatic heterocycles. The van der Waals surface area contributed by atoms with Crippen molar-refractivity contribution in [1.29, 1.82) is 0 Å². The van der Waals surface area contributed by atoms with Gasteiger partial charge in [-0.1, -0.05) is 18.2 Å². The molecule has 2 heterocycles. The van der Waals surface area contributed by atoms with Gasteiger partial charge in [-0.25, -0.2) is 0 Å². The largest absolute Gasteiger partial charge is 0.488 e. The van der Waals surface area contributed by atoms with E-state index >= 15 is 0 Å². The molecule has 3 aromatic rings. The summed E-state index contributed by atoms with van der Waals surface area (Å²) in [6, 6.07) is 15.7. The predicted molar refractivity (Wildman–Crippen MR) is 101 cm³/mol. The van der Waals surface area contributed by atoms with E-state index in [9.17, 15) is 4.79 Å². The zero-order chi connectivity index (χ0) is 16.7. The van der Waals surface area contributed by atoms with Crippen LogP contribution >= 0.6 is 27.3 Å². The summed E-state index contributed by atoms with van der Waals surface area (Å²) in [5.41, 5.74) is 4.03. The van der Waals surface area contributed by atoms with E-state index in [4.69, 9.17) is 4.74 Å². The first-order valence-corrected chi connectivity index (χ1v) is 9.15. The standard InChI is InChI=1S/C19H14BrNO2S/c1-11-6-7-15(14(20)8-11)21-19(22)17-9-12-10-23-16-5-3-2-4-13(16)18(12)24-17/h2-9H,10H2,1H3,(H,21,22). The van der Waals surface area contributed by atoms with Crippen LogP contribution in [0.3, 0.4) is 0 Å². The van der Waals surface area contributed by atoms with Gasteiger partial charge in [0.2, 0.25) is 0 Å². The maximum absolute atomic E-state index is 12.6. The lowest BCUT2D eigenvalue weighted by molar-refractivity contribution is 0.103. The van der Waals surface area contributed by atoms with Crippen molar-refractivity contribution in [2.45, 2.75) is 13.5 Å². The van der Waals surface area contributed by atoms with Crippen LogP contribution in [0.25, 0.3) is 10.4 Å². The average molecular weight is 400 g/mol. The lowest BCUT2D eigenvalue weighted by Crippen LogP contribution is -2.10. The first kappa shape index (κ1) is 15.4. The number of amides is 1. The molecule has 1 amide bonds. The van der Waals surface area contributed by atoms with Crippen molar-refractivity contribution < 1.29 is 9.53 Å². The van der Waals surface area contributed by atoms with E-state index < -0.39 is 0 Å². The molecule has 24 heavy (non-hydrogen) atoms. The van der Waals surface area contributed by atoms with E-state index in [1.807, 2.05) is 55.5 Å². The van der Waals surface area contributed by atoms with E-state index in [1.54, 1.807) is 0 Å². The van der Waals surface area contributed by atoms with Crippen LogP contribution in [0.4, 0.5) is 5.69 Å². The molecule has 1 aliphatic rings. The Kier molecular flexibility index (Phi) is 3.90. The van der Waals surface area contributed by atoms with E-state index in [1.165, 1.54) is 11.3 Å². The molecule has 0 saturated carbocycles. The summed E-state index contributed by atoms with van der Waals surface area (Å²) in [4.78, 5) is 14.4. The van der Waals surface area contributed by atoms with Gasteiger partial charge in [-0.3, -0.25) is 4.79 Å². The summed E-state index contributed by atoms with van der Waals surface area (Å²) in [6.45, 7) is 2.52. The highest BCUT2D eigenvalue weighted by Gasteiger charge is 2.22. The molecule has 0 fully saturated rings. The Balaban J connectivity index is 1.64. The molecule has 3 nitrogen and oxygen atoms in total. The zero-order valence-electron chi connectivity index (χ0n) is 12.9. The second-order valence-electron chi connectivity index (χ2n) is 5.69. The van der Waals surface area contributed by atoms with Gasteiger partial charge in [-0.05, 0) is 58.7 Å². The molecule has 2 aromatic carbocycles. The monoisotopic (exact) mass is 399 g/mol. The Labute approximate surface area is 152 Å². The number of carbonyl (C=O) groups is 1. The second-order valence-corrected chi connectivity index (χ2v) is 7.59. The predicted octanol–water partition coefficient (Wildman–Crippen LogP) is 5.63. The Morgan fingerprint density at radius 2 is 2.04 bits per heavy atom. The lowest BCUT2D eigenvalue weighted by Gasteiger charge is -2.16. The van der Waals surface area contributed by atoms with Crippen molar-refractivity contribution in [1.82, 2.24) is 0 Å². The molecule has 4 rings (SSSR count). The number of halogens is 1. The summed E-state index contributed by atoms with van der Waals surface area (Å²) in [5, 5.41) is 2.97. The Morgan fingerprint density at radius 1 is 1.21 bits per heavy atom. The van der Waals surface area contributed by atoms with Crippen LogP contribution in [0.2, 0.25) is 0 Å². The molecule has 0 spiro atoms. The van der Waals surface area contributed by atoms with Crippen LogP contribution in [0.1, 0.15) is 20.8 Å². The molecule has 1 aliphatic heterocycles. The van der Waals surface area contributed by atoms with Crippen molar-refractivity contribution in [2.24, 2.45) is 0 Å². The van der Waals surface area contributed by atoms with Crippen LogP contribution in [-0.4, -0.2) is 5.91 Å². The number of rotatable bonds is 2. The van der Waals surface area contributed by atoms with Crippen LogP contribution in [-0.2, 0) is 6.61 Å². The quantitative estimate of drug-likeness (QED) is 0.606. The number of para-hydroxylation sites is 1. The highest BCUT2D eigenvalue weighted by Crippen LogP contribution is 2.42. The van der Waals surface area contributed by atoms with Gasteiger partial charge in [-0.15, -0.1) is 11.3 Å². The van der Waals surface area contributed by atoms with Crippen molar-refractivity contribution >= 4 is 38.9 Å². The van der Waals surface area contributed by atoms with Gasteiger partial charge in [0.15, 0.2) is 0 Å². The highest BCUT2D eigenvalue weighted by atomic mass is 79.9. The summed E-state index contributed by atoms with van der Waals surface area (Å²) in [5.74, 6) is 0.775. The summed E-state index contributed by atoms with van der Waals surface area (Å²) in [7, 11) is 0. The fraction of sp³-hybridized carbons (Fsp3) is 0.105. The molecular formula is C19H14BrNO2S. The van der Waals surface area contributed by atoms with Crippen LogP contribution < -0.4 is 10.1 Å². The fourth-order valence-corrected chi connectivity index (χ4v) is 4.40. The molecule has 0 atom stereocenters. The number of hydrogen-bond donors (Lipinski definition) is 1. The number of anilines is 1. The summed E-state index contributed by atoms with van der Waals surface area (Å²) in [6.07, 6.45) is 0. The molecule has 0 aliphatic carbocycles. The van der Waals surface area contributed by atoms with Gasteiger partial charge >= 0.3 is 0 Å². The van der Waals surface area contributed by atoms with Crippen molar-refractivity contribution in [3.63, 3.8) is 0 Å². The Morgan fingerprint density at radius 3 is 2.88 bits per heavy atom. The first-order chi connectivity index (χ1) is 11.6. The van der Waals surface area contributed by atoms with Crippen molar-refractivity contribution in [3.05, 3.63) is 69.0 Å². The van der Waals surface area contributed by atoms with Crippen LogP contribution in [0.5, 0.6) is 5.75 Å². The van der Waals surface area contributed by atoms with E-state index in [-0.39, 0.29) is 5.91 Å². The molecule has 120 valence electrons. The molecule has 0 bridgehead atoms. The highest BCUT2D eigenvalue weighted by molar-refractivity contribution is 9.10. The first-order valence-electron chi connectivity index (χ1n) is 7.54. The maximum Gasteiger partial charge on any atom is 0.265 e. The number of ether oxygens (including phenoxy) is 1. The Hall–Kier alpha value is -2.11. The topological polar surface area (TPSA) is 38.3 Å². The minimum absolute atomic E-state index is 0.101. The van der Waals surface area contributed by atoms with Gasteiger partial charge in [0.05, 0.1) is 10.6 Å².